The van der Waals surface area contributed by atoms with Gasteiger partial charge < -0.3 is 9.47 Å². The fraction of sp³-hybridized carbons (Fsp3) is 0.800. The van der Waals surface area contributed by atoms with Gasteiger partial charge in [-0.1, -0.05) is 26.7 Å². The first-order chi connectivity index (χ1) is 6.67. The summed E-state index contributed by atoms with van der Waals surface area (Å²) in [6.07, 6.45) is 2.56. The van der Waals surface area contributed by atoms with Gasteiger partial charge in [0.25, 0.3) is 0 Å². The van der Waals surface area contributed by atoms with Gasteiger partial charge in [-0.25, -0.2) is 0 Å². The largest absolute Gasteiger partial charge is 0.427 e. The molecule has 0 N–H and O–H groups in total. The Morgan fingerprint density at radius 1 is 1.07 bits per heavy atom. The number of carbonyl (C=O) groups is 2. The van der Waals surface area contributed by atoms with Gasteiger partial charge in [0.2, 0.25) is 6.79 Å². The van der Waals surface area contributed by atoms with Gasteiger partial charge in [0.05, 0.1) is 0 Å². The Bertz CT molecular complexity index is 210. The van der Waals surface area contributed by atoms with Gasteiger partial charge in [-0.3, -0.25) is 9.59 Å². The summed E-state index contributed by atoms with van der Waals surface area (Å²) in [7, 11) is 0. The van der Waals surface area contributed by atoms with Crippen LogP contribution in [0.4, 0.5) is 0 Å². The zero-order valence-corrected chi connectivity index (χ0v) is 8.67. The Kier molecular flexibility index (Phi) is 3.49. The second kappa shape index (κ2) is 4.44. The molecule has 0 saturated carbocycles. The molecule has 0 aliphatic carbocycles. The summed E-state index contributed by atoms with van der Waals surface area (Å²) in [5.41, 5.74) is -1.03. The molecule has 1 saturated heterocycles. The number of hydrogen-bond donors (Lipinski definition) is 0. The number of cyclic esters (lactones) is 2. The summed E-state index contributed by atoms with van der Waals surface area (Å²) in [6, 6.07) is 0. The topological polar surface area (TPSA) is 52.6 Å². The van der Waals surface area contributed by atoms with E-state index in [4.69, 9.17) is 9.47 Å². The molecule has 1 heterocycles. The molecule has 1 fully saturated rings. The highest BCUT2D eigenvalue weighted by Gasteiger charge is 2.49. The molecule has 14 heavy (non-hydrogen) atoms. The van der Waals surface area contributed by atoms with Crippen LogP contribution in [0.1, 0.15) is 39.5 Å². The number of hydrogen-bond acceptors (Lipinski definition) is 4. The number of ether oxygens (including phenoxy) is 2. The van der Waals surface area contributed by atoms with E-state index in [2.05, 4.69) is 0 Å². The minimum absolute atomic E-state index is 0.229. The molecular formula is C10H16O4. The number of esters is 2. The van der Waals surface area contributed by atoms with Crippen LogP contribution in [0.25, 0.3) is 0 Å². The predicted octanol–water partition coefficient (Wildman–Crippen LogP) is 1.63. The van der Waals surface area contributed by atoms with Gasteiger partial charge >= 0.3 is 11.9 Å². The quantitative estimate of drug-likeness (QED) is 0.511. The highest BCUT2D eigenvalue weighted by Crippen LogP contribution is 2.35. The SMILES string of the molecule is CCCC1(CCC)C(=O)OCOC1=O. The van der Waals surface area contributed by atoms with Gasteiger partial charge in [-0.05, 0) is 12.8 Å². The third kappa shape index (κ3) is 1.74. The smallest absolute Gasteiger partial charge is 0.326 e. The summed E-state index contributed by atoms with van der Waals surface area (Å²) < 4.78 is 9.57. The van der Waals surface area contributed by atoms with Crippen molar-refractivity contribution in [1.29, 1.82) is 0 Å². The number of carbonyl (C=O) groups excluding carboxylic acids is 2. The van der Waals surface area contributed by atoms with Crippen molar-refractivity contribution in [2.75, 3.05) is 6.79 Å². The summed E-state index contributed by atoms with van der Waals surface area (Å²) >= 11 is 0. The molecule has 4 heteroatoms. The van der Waals surface area contributed by atoms with Crippen molar-refractivity contribution in [3.05, 3.63) is 0 Å². The molecule has 4 nitrogen and oxygen atoms in total. The zero-order chi connectivity index (χ0) is 10.6. The fourth-order valence-corrected chi connectivity index (χ4v) is 1.88. The Labute approximate surface area is 83.6 Å². The first-order valence-electron chi connectivity index (χ1n) is 5.02. The molecule has 0 radical (unpaired) electrons. The lowest BCUT2D eigenvalue weighted by Gasteiger charge is -2.32. The van der Waals surface area contributed by atoms with Crippen LogP contribution in [0.3, 0.4) is 0 Å². The van der Waals surface area contributed by atoms with Crippen LogP contribution in [-0.4, -0.2) is 18.7 Å². The van der Waals surface area contributed by atoms with Crippen molar-refractivity contribution in [3.63, 3.8) is 0 Å². The first-order valence-corrected chi connectivity index (χ1v) is 5.02. The van der Waals surface area contributed by atoms with E-state index in [1.165, 1.54) is 0 Å². The Morgan fingerprint density at radius 3 is 1.86 bits per heavy atom. The van der Waals surface area contributed by atoms with Gasteiger partial charge in [-0.15, -0.1) is 0 Å². The third-order valence-corrected chi connectivity index (χ3v) is 2.52. The molecule has 0 bridgehead atoms. The van der Waals surface area contributed by atoms with Crippen LogP contribution in [0.15, 0.2) is 0 Å². The van der Waals surface area contributed by atoms with Crippen molar-refractivity contribution in [3.8, 4) is 0 Å². The van der Waals surface area contributed by atoms with Gasteiger partial charge in [0.15, 0.2) is 5.41 Å². The third-order valence-electron chi connectivity index (χ3n) is 2.52. The lowest BCUT2D eigenvalue weighted by atomic mass is 9.79. The van der Waals surface area contributed by atoms with Crippen LogP contribution in [-0.2, 0) is 19.1 Å². The van der Waals surface area contributed by atoms with E-state index in [9.17, 15) is 9.59 Å². The van der Waals surface area contributed by atoms with E-state index >= 15 is 0 Å². The van der Waals surface area contributed by atoms with Crippen LogP contribution in [0, 0.1) is 5.41 Å². The van der Waals surface area contributed by atoms with E-state index < -0.39 is 17.4 Å². The average molecular weight is 200 g/mol. The molecule has 80 valence electrons. The molecule has 1 aliphatic heterocycles. The second-order valence-electron chi connectivity index (χ2n) is 3.56. The Balaban J connectivity index is 2.89. The maximum absolute atomic E-state index is 11.6. The van der Waals surface area contributed by atoms with Crippen LogP contribution < -0.4 is 0 Å². The van der Waals surface area contributed by atoms with Gasteiger partial charge in [-0.2, -0.15) is 0 Å². The summed E-state index contributed by atoms with van der Waals surface area (Å²) in [4.78, 5) is 23.2. The van der Waals surface area contributed by atoms with Crippen LogP contribution >= 0.6 is 0 Å². The summed E-state index contributed by atoms with van der Waals surface area (Å²) in [5, 5.41) is 0. The van der Waals surface area contributed by atoms with E-state index in [1.807, 2.05) is 13.8 Å². The molecule has 0 aromatic rings. The summed E-state index contributed by atoms with van der Waals surface area (Å²) in [5.74, 6) is -0.838. The predicted molar refractivity (Wildman–Crippen MR) is 49.3 cm³/mol. The van der Waals surface area contributed by atoms with Crippen LogP contribution in [0.2, 0.25) is 0 Å². The molecule has 0 amide bonds. The van der Waals surface area contributed by atoms with Crippen molar-refractivity contribution >= 4 is 11.9 Å². The van der Waals surface area contributed by atoms with Crippen LogP contribution in [0.5, 0.6) is 0 Å². The zero-order valence-electron chi connectivity index (χ0n) is 8.67. The first kappa shape index (κ1) is 11.0. The molecule has 1 aliphatic rings. The molecule has 0 unspecified atom stereocenters. The van der Waals surface area contributed by atoms with Crippen molar-refractivity contribution in [2.45, 2.75) is 39.5 Å². The lowest BCUT2D eigenvalue weighted by molar-refractivity contribution is -0.203. The van der Waals surface area contributed by atoms with Crippen molar-refractivity contribution < 1.29 is 19.1 Å². The highest BCUT2D eigenvalue weighted by atomic mass is 16.7. The molecule has 0 spiro atoms. The summed E-state index contributed by atoms with van der Waals surface area (Å²) in [6.45, 7) is 3.64. The molecule has 0 aromatic carbocycles. The Hall–Kier alpha value is -1.06. The van der Waals surface area contributed by atoms with Gasteiger partial charge in [0.1, 0.15) is 0 Å². The lowest BCUT2D eigenvalue weighted by Crippen LogP contribution is -2.46. The van der Waals surface area contributed by atoms with Crippen molar-refractivity contribution in [1.82, 2.24) is 0 Å². The van der Waals surface area contributed by atoms with E-state index in [-0.39, 0.29) is 6.79 Å². The maximum Gasteiger partial charge on any atom is 0.326 e. The minimum Gasteiger partial charge on any atom is -0.427 e. The van der Waals surface area contributed by atoms with E-state index in [0.717, 1.165) is 12.8 Å². The minimum atomic E-state index is -1.03. The molecule has 0 atom stereocenters. The van der Waals surface area contributed by atoms with Gasteiger partial charge in [0, 0.05) is 0 Å². The van der Waals surface area contributed by atoms with E-state index in [0.29, 0.717) is 12.8 Å². The maximum atomic E-state index is 11.6. The highest BCUT2D eigenvalue weighted by molar-refractivity contribution is 6.01. The molecular weight excluding hydrogens is 184 g/mol. The monoisotopic (exact) mass is 200 g/mol. The Morgan fingerprint density at radius 2 is 1.50 bits per heavy atom. The fourth-order valence-electron chi connectivity index (χ4n) is 1.88. The van der Waals surface area contributed by atoms with E-state index in [1.54, 1.807) is 0 Å². The average Bonchev–Trinajstić information content (AvgIpc) is 2.15. The normalized spacial score (nSPS) is 20.1. The molecule has 0 aromatic heterocycles. The number of rotatable bonds is 4. The standard InChI is InChI=1S/C10H16O4/c1-3-5-10(6-4-2)8(11)13-7-14-9(10)12/h3-7H2,1-2H3. The molecule has 1 rings (SSSR count). The van der Waals surface area contributed by atoms with Crippen molar-refractivity contribution in [2.24, 2.45) is 5.41 Å². The second-order valence-corrected chi connectivity index (χ2v) is 3.56.